The predicted octanol–water partition coefficient (Wildman–Crippen LogP) is 3.33. The van der Waals surface area contributed by atoms with Gasteiger partial charge in [0, 0.05) is 17.6 Å². The third-order valence-electron chi connectivity index (χ3n) is 5.62. The van der Waals surface area contributed by atoms with Gasteiger partial charge in [-0.15, -0.1) is 5.10 Å². The van der Waals surface area contributed by atoms with Crippen LogP contribution in [0, 0.1) is 20.8 Å². The Balaban J connectivity index is 1.98. The molecule has 0 atom stereocenters. The third-order valence-corrected chi connectivity index (χ3v) is 5.62. The van der Waals surface area contributed by atoms with E-state index in [0.717, 1.165) is 39.2 Å². The smallest absolute Gasteiger partial charge is 0.350 e. The highest BCUT2D eigenvalue weighted by atomic mass is 16.3. The van der Waals surface area contributed by atoms with Gasteiger partial charge in [-0.25, -0.2) is 14.5 Å². The molecule has 0 saturated carbocycles. The molecule has 162 valence electrons. The van der Waals surface area contributed by atoms with Gasteiger partial charge < -0.3 is 5.11 Å². The minimum Gasteiger partial charge on any atom is -0.388 e. The summed E-state index contributed by atoms with van der Waals surface area (Å²) in [4.78, 5) is 17.8. The number of benzene rings is 1. The average Bonchev–Trinajstić information content (AvgIpc) is 3.23. The van der Waals surface area contributed by atoms with Gasteiger partial charge in [-0.3, -0.25) is 4.57 Å². The standard InChI is InChI=1S/C23H28N6O2/c1-7-27-22(12-30)26-29(23(27)31)20-10-18-17(13(2)3)11-21(24-19(18)8-14(20)4)28-16(6)9-15(5)25-28/h8-11,13,30H,7,12H2,1-6H3. The van der Waals surface area contributed by atoms with E-state index in [1.165, 1.54) is 9.25 Å². The van der Waals surface area contributed by atoms with Gasteiger partial charge in [0.15, 0.2) is 11.6 Å². The Morgan fingerprint density at radius 3 is 2.32 bits per heavy atom. The number of hydrogen-bond donors (Lipinski definition) is 1. The van der Waals surface area contributed by atoms with Crippen molar-refractivity contribution < 1.29 is 5.11 Å². The van der Waals surface area contributed by atoms with Crippen molar-refractivity contribution in [2.45, 2.75) is 60.6 Å². The van der Waals surface area contributed by atoms with Crippen LogP contribution >= 0.6 is 0 Å². The van der Waals surface area contributed by atoms with E-state index in [9.17, 15) is 9.90 Å². The number of aromatic nitrogens is 6. The Hall–Kier alpha value is -3.26. The van der Waals surface area contributed by atoms with Gasteiger partial charge in [0.1, 0.15) is 6.61 Å². The molecular formula is C23H28N6O2. The lowest BCUT2D eigenvalue weighted by Gasteiger charge is -2.15. The number of pyridine rings is 1. The molecule has 3 heterocycles. The van der Waals surface area contributed by atoms with Crippen molar-refractivity contribution in [3.8, 4) is 11.5 Å². The summed E-state index contributed by atoms with van der Waals surface area (Å²) in [5.74, 6) is 1.38. The Kier molecular flexibility index (Phi) is 5.26. The number of fused-ring (bicyclic) bond motifs is 1. The van der Waals surface area contributed by atoms with E-state index in [1.54, 1.807) is 0 Å². The van der Waals surface area contributed by atoms with Gasteiger partial charge in [0.25, 0.3) is 0 Å². The van der Waals surface area contributed by atoms with Gasteiger partial charge >= 0.3 is 5.69 Å². The van der Waals surface area contributed by atoms with Crippen molar-refractivity contribution in [2.24, 2.45) is 0 Å². The minimum atomic E-state index is -0.284. The zero-order valence-corrected chi connectivity index (χ0v) is 18.8. The lowest BCUT2D eigenvalue weighted by Crippen LogP contribution is -2.24. The fourth-order valence-electron chi connectivity index (χ4n) is 4.08. The van der Waals surface area contributed by atoms with Crippen LogP contribution in [0.2, 0.25) is 0 Å². The SMILES string of the molecule is CCn1c(CO)nn(-c2cc3c(C(C)C)cc(-n4nc(C)cc4C)nc3cc2C)c1=O. The van der Waals surface area contributed by atoms with Crippen molar-refractivity contribution in [2.75, 3.05) is 0 Å². The Bertz CT molecular complexity index is 1340. The first-order chi connectivity index (χ1) is 14.7. The van der Waals surface area contributed by atoms with Crippen molar-refractivity contribution in [3.63, 3.8) is 0 Å². The van der Waals surface area contributed by atoms with Gasteiger partial charge in [0.05, 0.1) is 16.9 Å². The highest BCUT2D eigenvalue weighted by Gasteiger charge is 2.18. The van der Waals surface area contributed by atoms with E-state index in [4.69, 9.17) is 4.98 Å². The van der Waals surface area contributed by atoms with Crippen LogP contribution in [0.25, 0.3) is 22.4 Å². The lowest BCUT2D eigenvalue weighted by molar-refractivity contribution is 0.264. The molecule has 0 aliphatic carbocycles. The molecule has 0 saturated heterocycles. The number of aryl methyl sites for hydroxylation is 3. The minimum absolute atomic E-state index is 0.245. The second kappa shape index (κ2) is 7.77. The monoisotopic (exact) mass is 420 g/mol. The molecule has 0 unspecified atom stereocenters. The van der Waals surface area contributed by atoms with Gasteiger partial charge in [-0.2, -0.15) is 9.78 Å². The van der Waals surface area contributed by atoms with Crippen LogP contribution in [0.1, 0.15) is 55.0 Å². The normalized spacial score (nSPS) is 11.7. The van der Waals surface area contributed by atoms with Crippen LogP contribution in [-0.2, 0) is 13.2 Å². The molecule has 4 rings (SSSR count). The first-order valence-corrected chi connectivity index (χ1v) is 10.5. The second-order valence-electron chi connectivity index (χ2n) is 8.23. The highest BCUT2D eigenvalue weighted by Crippen LogP contribution is 2.30. The Labute approximate surface area is 180 Å². The molecule has 0 amide bonds. The van der Waals surface area contributed by atoms with Crippen LogP contribution in [0.3, 0.4) is 0 Å². The van der Waals surface area contributed by atoms with Crippen molar-refractivity contribution in [1.29, 1.82) is 0 Å². The zero-order valence-electron chi connectivity index (χ0n) is 18.8. The summed E-state index contributed by atoms with van der Waals surface area (Å²) >= 11 is 0. The van der Waals surface area contributed by atoms with E-state index in [2.05, 4.69) is 30.1 Å². The van der Waals surface area contributed by atoms with Crippen LogP contribution in [0.4, 0.5) is 0 Å². The van der Waals surface area contributed by atoms with E-state index in [1.807, 2.05) is 50.6 Å². The first kappa shape index (κ1) is 21.0. The molecule has 8 nitrogen and oxygen atoms in total. The summed E-state index contributed by atoms with van der Waals surface area (Å²) in [7, 11) is 0. The summed E-state index contributed by atoms with van der Waals surface area (Å²) in [6.45, 7) is 12.2. The van der Waals surface area contributed by atoms with Crippen LogP contribution in [0.15, 0.2) is 29.1 Å². The number of rotatable bonds is 5. The van der Waals surface area contributed by atoms with Gasteiger partial charge in [-0.1, -0.05) is 13.8 Å². The molecule has 8 heteroatoms. The third kappa shape index (κ3) is 3.46. The molecule has 0 aliphatic rings. The van der Waals surface area contributed by atoms with Gasteiger partial charge in [0.2, 0.25) is 0 Å². The zero-order chi connectivity index (χ0) is 22.4. The number of aliphatic hydroxyl groups excluding tert-OH is 1. The molecule has 0 radical (unpaired) electrons. The maximum atomic E-state index is 12.9. The molecule has 4 aromatic rings. The maximum absolute atomic E-state index is 12.9. The van der Waals surface area contributed by atoms with Crippen molar-refractivity contribution in [1.82, 2.24) is 29.1 Å². The highest BCUT2D eigenvalue weighted by molar-refractivity contribution is 5.87. The first-order valence-electron chi connectivity index (χ1n) is 10.5. The molecular weight excluding hydrogens is 392 g/mol. The summed E-state index contributed by atoms with van der Waals surface area (Å²) in [6.07, 6.45) is 0. The summed E-state index contributed by atoms with van der Waals surface area (Å²) in [5, 5.41) is 19.5. The molecule has 0 fully saturated rings. The van der Waals surface area contributed by atoms with E-state index in [-0.39, 0.29) is 18.2 Å². The molecule has 1 aromatic carbocycles. The lowest BCUT2D eigenvalue weighted by atomic mass is 9.97. The Morgan fingerprint density at radius 2 is 1.77 bits per heavy atom. The summed E-state index contributed by atoms with van der Waals surface area (Å²) in [5.41, 5.74) is 5.27. The van der Waals surface area contributed by atoms with Gasteiger partial charge in [-0.05, 0) is 69.0 Å². The Morgan fingerprint density at radius 1 is 1.03 bits per heavy atom. The topological polar surface area (TPSA) is 90.8 Å². The molecule has 0 spiro atoms. The van der Waals surface area contributed by atoms with Crippen molar-refractivity contribution >= 4 is 10.9 Å². The van der Waals surface area contributed by atoms with Crippen LogP contribution in [-0.4, -0.2) is 34.2 Å². The van der Waals surface area contributed by atoms with Crippen LogP contribution in [0.5, 0.6) is 0 Å². The van der Waals surface area contributed by atoms with E-state index < -0.39 is 0 Å². The molecule has 0 bridgehead atoms. The number of aliphatic hydroxyl groups is 1. The predicted molar refractivity (Wildman–Crippen MR) is 120 cm³/mol. The van der Waals surface area contributed by atoms with Crippen molar-refractivity contribution in [3.05, 3.63) is 63.1 Å². The average molecular weight is 421 g/mol. The number of nitrogens with zero attached hydrogens (tertiary/aromatic N) is 6. The largest absolute Gasteiger partial charge is 0.388 e. The fraction of sp³-hybridized carbons (Fsp3) is 0.391. The fourth-order valence-corrected chi connectivity index (χ4v) is 4.08. The van der Waals surface area contributed by atoms with Crippen LogP contribution < -0.4 is 5.69 Å². The summed E-state index contributed by atoms with van der Waals surface area (Å²) in [6, 6.07) is 8.07. The summed E-state index contributed by atoms with van der Waals surface area (Å²) < 4.78 is 4.73. The maximum Gasteiger partial charge on any atom is 0.350 e. The van der Waals surface area contributed by atoms with E-state index >= 15 is 0 Å². The second-order valence-corrected chi connectivity index (χ2v) is 8.23. The quantitative estimate of drug-likeness (QED) is 0.535. The molecule has 31 heavy (non-hydrogen) atoms. The number of hydrogen-bond acceptors (Lipinski definition) is 5. The molecule has 1 N–H and O–H groups in total. The molecule has 3 aromatic heterocycles. The van der Waals surface area contributed by atoms with E-state index in [0.29, 0.717) is 18.1 Å². The molecule has 0 aliphatic heterocycles.